The molecule has 0 radical (unpaired) electrons. The fourth-order valence-electron chi connectivity index (χ4n) is 8.42. The summed E-state index contributed by atoms with van der Waals surface area (Å²) < 4.78 is 0. The predicted octanol–water partition coefficient (Wildman–Crippen LogP) is 6.43. The van der Waals surface area contributed by atoms with E-state index in [0.717, 1.165) is 36.8 Å². The van der Waals surface area contributed by atoms with E-state index in [2.05, 4.69) is 58.0 Å². The Morgan fingerprint density at radius 3 is 2.27 bits per heavy atom. The van der Waals surface area contributed by atoms with E-state index in [4.69, 9.17) is 0 Å². The van der Waals surface area contributed by atoms with Crippen LogP contribution in [0.25, 0.3) is 6.08 Å². The van der Waals surface area contributed by atoms with Crippen LogP contribution in [0.3, 0.4) is 0 Å². The van der Waals surface area contributed by atoms with Crippen LogP contribution in [0.1, 0.15) is 84.6 Å². The highest BCUT2D eigenvalue weighted by atomic mass is 16.3. The summed E-state index contributed by atoms with van der Waals surface area (Å²) in [6.45, 7) is 9.36. The summed E-state index contributed by atoms with van der Waals surface area (Å²) in [5, 5.41) is 11.2. The Hall–Kier alpha value is -1.41. The average molecular weight is 407 g/mol. The van der Waals surface area contributed by atoms with Gasteiger partial charge in [0.25, 0.3) is 0 Å². The third-order valence-corrected chi connectivity index (χ3v) is 10.8. The predicted molar refractivity (Wildman–Crippen MR) is 122 cm³/mol. The Balaban J connectivity index is 1.50. The highest BCUT2D eigenvalue weighted by Crippen LogP contribution is 2.71. The standard InChI is InChI=1S/C28H38O2/c1-25-13-10-21-22-12-15-28(4,30)26(22,2)14-11-23(21)27(25,3)17-20(24(29)18-25)16-19-8-6-5-7-9-19/h5-9,16,21-23,30H,10-15,17-18H2,1-4H3/b20-16+. The van der Waals surface area contributed by atoms with Gasteiger partial charge in [0.2, 0.25) is 0 Å². The highest BCUT2D eigenvalue weighted by Gasteiger charge is 2.65. The molecule has 30 heavy (non-hydrogen) atoms. The van der Waals surface area contributed by atoms with Crippen molar-refractivity contribution in [2.75, 3.05) is 0 Å². The fraction of sp³-hybridized carbons (Fsp3) is 0.679. The van der Waals surface area contributed by atoms with Crippen LogP contribution in [0.2, 0.25) is 0 Å². The second kappa shape index (κ2) is 6.55. The van der Waals surface area contributed by atoms with Gasteiger partial charge in [-0.25, -0.2) is 0 Å². The molecule has 7 unspecified atom stereocenters. The van der Waals surface area contributed by atoms with Crippen LogP contribution in [0, 0.1) is 34.0 Å². The Morgan fingerprint density at radius 2 is 1.53 bits per heavy atom. The Bertz CT molecular complexity index is 883. The summed E-state index contributed by atoms with van der Waals surface area (Å²) in [5.74, 6) is 2.35. The fourth-order valence-corrected chi connectivity index (χ4v) is 8.42. The molecule has 2 nitrogen and oxygen atoms in total. The molecule has 0 spiro atoms. The third kappa shape index (κ3) is 2.68. The molecule has 2 heteroatoms. The van der Waals surface area contributed by atoms with Crippen LogP contribution in [0.4, 0.5) is 0 Å². The van der Waals surface area contributed by atoms with Crippen molar-refractivity contribution in [3.05, 3.63) is 41.5 Å². The molecule has 0 heterocycles. The van der Waals surface area contributed by atoms with Gasteiger partial charge in [-0.05, 0) is 103 Å². The first kappa shape index (κ1) is 20.5. The molecule has 1 aromatic rings. The lowest BCUT2D eigenvalue weighted by Gasteiger charge is -2.64. The van der Waals surface area contributed by atoms with Crippen LogP contribution in [-0.4, -0.2) is 16.5 Å². The summed E-state index contributed by atoms with van der Waals surface area (Å²) >= 11 is 0. The molecule has 1 aromatic carbocycles. The third-order valence-electron chi connectivity index (χ3n) is 10.8. The maximum atomic E-state index is 13.2. The molecular weight excluding hydrogens is 368 g/mol. The summed E-state index contributed by atoms with van der Waals surface area (Å²) in [6.07, 6.45) is 10.6. The molecule has 4 aliphatic carbocycles. The van der Waals surface area contributed by atoms with E-state index in [9.17, 15) is 9.90 Å². The van der Waals surface area contributed by atoms with Crippen LogP contribution in [0.5, 0.6) is 0 Å². The molecule has 0 bridgehead atoms. The monoisotopic (exact) mass is 406 g/mol. The molecule has 0 saturated heterocycles. The van der Waals surface area contributed by atoms with Gasteiger partial charge < -0.3 is 5.11 Å². The number of carbonyl (C=O) groups excluding carboxylic acids is 1. The van der Waals surface area contributed by atoms with E-state index in [1.807, 2.05) is 6.07 Å². The minimum atomic E-state index is -0.523. The van der Waals surface area contributed by atoms with Crippen molar-refractivity contribution in [3.8, 4) is 0 Å². The average Bonchev–Trinajstić information content (AvgIpc) is 2.94. The molecule has 7 atom stereocenters. The van der Waals surface area contributed by atoms with E-state index >= 15 is 0 Å². The van der Waals surface area contributed by atoms with Gasteiger partial charge in [0, 0.05) is 6.42 Å². The zero-order valence-corrected chi connectivity index (χ0v) is 19.2. The molecule has 4 saturated carbocycles. The van der Waals surface area contributed by atoms with Gasteiger partial charge in [-0.3, -0.25) is 4.79 Å². The number of carbonyl (C=O) groups is 1. The Kier molecular flexibility index (Phi) is 4.47. The van der Waals surface area contributed by atoms with Crippen molar-refractivity contribution < 1.29 is 9.90 Å². The number of hydrogen-bond donors (Lipinski definition) is 1. The van der Waals surface area contributed by atoms with E-state index in [1.165, 1.54) is 19.3 Å². The second-order valence-electron chi connectivity index (χ2n) is 12.0. The lowest BCUT2D eigenvalue weighted by molar-refractivity contribution is -0.169. The van der Waals surface area contributed by atoms with Gasteiger partial charge in [-0.1, -0.05) is 51.1 Å². The number of benzene rings is 1. The first-order chi connectivity index (χ1) is 14.1. The molecule has 0 aliphatic heterocycles. The van der Waals surface area contributed by atoms with Crippen molar-refractivity contribution in [1.29, 1.82) is 0 Å². The quantitative estimate of drug-likeness (QED) is 0.545. The zero-order chi connectivity index (χ0) is 21.4. The number of hydrogen-bond acceptors (Lipinski definition) is 2. The largest absolute Gasteiger partial charge is 0.390 e. The SMILES string of the molecule is CC1(O)CCC2C3CCC4(C)CC(=O)/C(=C/c5ccccc5)CC4(C)C3CCC21C. The molecule has 0 aromatic heterocycles. The Labute approximate surface area is 182 Å². The number of aliphatic hydroxyl groups is 1. The first-order valence-corrected chi connectivity index (χ1v) is 12.1. The minimum Gasteiger partial charge on any atom is -0.390 e. The molecule has 162 valence electrons. The minimum absolute atomic E-state index is 0.0610. The lowest BCUT2D eigenvalue weighted by Crippen LogP contribution is -2.59. The number of fused-ring (bicyclic) bond motifs is 5. The zero-order valence-electron chi connectivity index (χ0n) is 19.2. The first-order valence-electron chi connectivity index (χ1n) is 12.1. The molecule has 0 amide bonds. The number of ketones is 1. The smallest absolute Gasteiger partial charge is 0.159 e. The molecular formula is C28H38O2. The second-order valence-corrected chi connectivity index (χ2v) is 12.0. The summed E-state index contributed by atoms with van der Waals surface area (Å²) in [6, 6.07) is 10.3. The van der Waals surface area contributed by atoms with Gasteiger partial charge in [0.15, 0.2) is 5.78 Å². The van der Waals surface area contributed by atoms with Crippen LogP contribution in [-0.2, 0) is 4.79 Å². The van der Waals surface area contributed by atoms with E-state index < -0.39 is 5.60 Å². The maximum Gasteiger partial charge on any atom is 0.159 e. The number of Topliss-reactive ketones (excluding diaryl/α,β-unsaturated/α-hetero) is 1. The van der Waals surface area contributed by atoms with Crippen molar-refractivity contribution in [3.63, 3.8) is 0 Å². The Morgan fingerprint density at radius 1 is 0.867 bits per heavy atom. The normalized spacial score (nSPS) is 49.4. The molecule has 5 rings (SSSR count). The molecule has 1 N–H and O–H groups in total. The van der Waals surface area contributed by atoms with Gasteiger partial charge in [0.1, 0.15) is 0 Å². The number of allylic oxidation sites excluding steroid dienone is 1. The van der Waals surface area contributed by atoms with Crippen molar-refractivity contribution in [1.82, 2.24) is 0 Å². The highest BCUT2D eigenvalue weighted by molar-refractivity contribution is 6.01. The van der Waals surface area contributed by atoms with E-state index in [0.29, 0.717) is 30.0 Å². The van der Waals surface area contributed by atoms with Gasteiger partial charge >= 0.3 is 0 Å². The number of rotatable bonds is 1. The van der Waals surface area contributed by atoms with Crippen LogP contribution in [0.15, 0.2) is 35.9 Å². The van der Waals surface area contributed by atoms with Gasteiger partial charge in [-0.15, -0.1) is 0 Å². The van der Waals surface area contributed by atoms with Gasteiger partial charge in [0.05, 0.1) is 5.60 Å². The van der Waals surface area contributed by atoms with Crippen molar-refractivity contribution in [2.45, 2.75) is 84.7 Å². The molecule has 4 fully saturated rings. The summed E-state index contributed by atoms with van der Waals surface area (Å²) in [7, 11) is 0. The summed E-state index contributed by atoms with van der Waals surface area (Å²) in [5.41, 5.74) is 1.99. The van der Waals surface area contributed by atoms with E-state index in [1.54, 1.807) is 0 Å². The van der Waals surface area contributed by atoms with Crippen LogP contribution < -0.4 is 0 Å². The maximum absolute atomic E-state index is 13.2. The van der Waals surface area contributed by atoms with Crippen LogP contribution >= 0.6 is 0 Å². The molecule has 4 aliphatic rings. The van der Waals surface area contributed by atoms with Crippen molar-refractivity contribution >= 4 is 11.9 Å². The van der Waals surface area contributed by atoms with Crippen molar-refractivity contribution in [2.24, 2.45) is 34.0 Å². The van der Waals surface area contributed by atoms with Gasteiger partial charge in [-0.2, -0.15) is 0 Å². The topological polar surface area (TPSA) is 37.3 Å². The van der Waals surface area contributed by atoms with E-state index in [-0.39, 0.29) is 16.2 Å². The summed E-state index contributed by atoms with van der Waals surface area (Å²) in [4.78, 5) is 13.2. The lowest BCUT2D eigenvalue weighted by atomic mass is 9.40.